The van der Waals surface area contributed by atoms with Gasteiger partial charge in [-0.15, -0.1) is 11.3 Å². The number of rotatable bonds is 2. The summed E-state index contributed by atoms with van der Waals surface area (Å²) in [6.07, 6.45) is 0. The molecule has 2 heterocycles. The van der Waals surface area contributed by atoms with Gasteiger partial charge in [-0.2, -0.15) is 0 Å². The van der Waals surface area contributed by atoms with Gasteiger partial charge < -0.3 is 0 Å². The first-order chi connectivity index (χ1) is 14.8. The lowest BCUT2D eigenvalue weighted by molar-refractivity contribution is 1.24. The number of halogens is 1. The number of benzene rings is 4. The molecule has 0 saturated carbocycles. The third-order valence-electron chi connectivity index (χ3n) is 5.43. The average Bonchev–Trinajstić information content (AvgIpc) is 3.17. The van der Waals surface area contributed by atoms with Crippen LogP contribution in [0.25, 0.3) is 53.5 Å². The summed E-state index contributed by atoms with van der Waals surface area (Å²) in [5.41, 5.74) is 5.23. The van der Waals surface area contributed by atoms with Crippen molar-refractivity contribution in [1.29, 1.82) is 0 Å². The lowest BCUT2D eigenvalue weighted by atomic mass is 9.99. The lowest BCUT2D eigenvalue weighted by Gasteiger charge is -2.07. The van der Waals surface area contributed by atoms with Crippen LogP contribution in [0, 0.1) is 0 Å². The van der Waals surface area contributed by atoms with Crippen molar-refractivity contribution in [2.24, 2.45) is 0 Å². The van der Waals surface area contributed by atoms with Crippen LogP contribution in [0.2, 0.25) is 5.28 Å². The van der Waals surface area contributed by atoms with Crippen LogP contribution in [0.1, 0.15) is 0 Å². The van der Waals surface area contributed by atoms with E-state index in [9.17, 15) is 0 Å². The highest BCUT2D eigenvalue weighted by Crippen LogP contribution is 2.39. The fourth-order valence-electron chi connectivity index (χ4n) is 3.95. The summed E-state index contributed by atoms with van der Waals surface area (Å²) in [6.45, 7) is 0. The summed E-state index contributed by atoms with van der Waals surface area (Å²) in [5.74, 6) is 0. The molecule has 0 unspecified atom stereocenters. The van der Waals surface area contributed by atoms with Crippen LogP contribution in [0.4, 0.5) is 0 Å². The normalized spacial score (nSPS) is 11.5. The molecule has 0 aliphatic heterocycles. The van der Waals surface area contributed by atoms with E-state index in [0.29, 0.717) is 0 Å². The maximum atomic E-state index is 6.30. The van der Waals surface area contributed by atoms with Gasteiger partial charge in [0.2, 0.25) is 5.28 Å². The second kappa shape index (κ2) is 6.91. The molecule has 6 aromatic rings. The summed E-state index contributed by atoms with van der Waals surface area (Å²) in [5, 5.41) is 3.89. The van der Waals surface area contributed by atoms with Crippen LogP contribution in [-0.2, 0) is 0 Å². The Morgan fingerprint density at radius 1 is 0.633 bits per heavy atom. The number of hydrogen-bond acceptors (Lipinski definition) is 3. The highest BCUT2D eigenvalue weighted by atomic mass is 35.5. The Bertz CT molecular complexity index is 1550. The molecule has 4 aromatic carbocycles. The van der Waals surface area contributed by atoms with Gasteiger partial charge in [-0.25, -0.2) is 9.97 Å². The van der Waals surface area contributed by atoms with Crippen LogP contribution in [0.3, 0.4) is 0 Å². The predicted octanol–water partition coefficient (Wildman–Crippen LogP) is 7.99. The van der Waals surface area contributed by atoms with Gasteiger partial charge in [0.05, 0.1) is 15.9 Å². The van der Waals surface area contributed by atoms with E-state index in [4.69, 9.17) is 11.6 Å². The first kappa shape index (κ1) is 17.6. The minimum absolute atomic E-state index is 0.277. The molecule has 6 rings (SSSR count). The third kappa shape index (κ3) is 2.86. The van der Waals surface area contributed by atoms with E-state index in [0.717, 1.165) is 26.9 Å². The van der Waals surface area contributed by atoms with E-state index in [1.54, 1.807) is 11.3 Å². The molecule has 0 bridgehead atoms. The van der Waals surface area contributed by atoms with Gasteiger partial charge >= 0.3 is 0 Å². The van der Waals surface area contributed by atoms with Crippen LogP contribution in [-0.4, -0.2) is 9.97 Å². The smallest absolute Gasteiger partial charge is 0.216 e. The molecule has 0 amide bonds. The molecular weight excluding hydrogens is 408 g/mol. The topological polar surface area (TPSA) is 25.8 Å². The van der Waals surface area contributed by atoms with E-state index < -0.39 is 0 Å². The Morgan fingerprint density at radius 2 is 1.33 bits per heavy atom. The SMILES string of the molecule is Clc1nc(-c2ccc(-c3ccc4ccccc4c3)cc2)c2sc3ccccc3c2n1. The van der Waals surface area contributed by atoms with Gasteiger partial charge in [0.15, 0.2) is 0 Å². The maximum absolute atomic E-state index is 6.30. The van der Waals surface area contributed by atoms with Gasteiger partial charge in [-0.05, 0) is 45.6 Å². The van der Waals surface area contributed by atoms with E-state index in [2.05, 4.69) is 88.8 Å². The summed E-state index contributed by atoms with van der Waals surface area (Å²) >= 11 is 8.01. The van der Waals surface area contributed by atoms with E-state index in [-0.39, 0.29) is 5.28 Å². The van der Waals surface area contributed by atoms with Gasteiger partial charge in [0.25, 0.3) is 0 Å². The summed E-state index contributed by atoms with van der Waals surface area (Å²) in [7, 11) is 0. The molecule has 0 radical (unpaired) electrons. The Labute approximate surface area is 182 Å². The zero-order valence-corrected chi connectivity index (χ0v) is 17.4. The molecule has 2 aromatic heterocycles. The van der Waals surface area contributed by atoms with Crippen molar-refractivity contribution in [2.75, 3.05) is 0 Å². The summed E-state index contributed by atoms with van der Waals surface area (Å²) in [6, 6.07) is 31.8. The van der Waals surface area contributed by atoms with Gasteiger partial charge in [-0.1, -0.05) is 78.9 Å². The highest BCUT2D eigenvalue weighted by molar-refractivity contribution is 7.26. The predicted molar refractivity (Wildman–Crippen MR) is 128 cm³/mol. The Kier molecular flexibility index (Phi) is 4.05. The van der Waals surface area contributed by atoms with Crippen LogP contribution in [0.15, 0.2) is 91.0 Å². The third-order valence-corrected chi connectivity index (χ3v) is 6.77. The molecule has 0 saturated heterocycles. The van der Waals surface area contributed by atoms with E-state index in [1.165, 1.54) is 26.6 Å². The molecule has 30 heavy (non-hydrogen) atoms. The van der Waals surface area contributed by atoms with Crippen LogP contribution in [0.5, 0.6) is 0 Å². The molecular formula is C26H15ClN2S. The molecule has 0 N–H and O–H groups in total. The summed E-state index contributed by atoms with van der Waals surface area (Å²) < 4.78 is 2.26. The standard InChI is InChI=1S/C26H15ClN2S/c27-26-28-23(25-24(29-26)21-7-3-4-8-22(21)30-25)18-12-9-17(10-13-18)20-14-11-16-5-1-2-6-19(16)15-20/h1-15H. The van der Waals surface area contributed by atoms with Crippen molar-refractivity contribution < 1.29 is 0 Å². The minimum Gasteiger partial charge on any atom is -0.216 e. The van der Waals surface area contributed by atoms with E-state index in [1.807, 2.05) is 12.1 Å². The van der Waals surface area contributed by atoms with Crippen molar-refractivity contribution >= 4 is 54.0 Å². The first-order valence-corrected chi connectivity index (χ1v) is 10.9. The number of fused-ring (bicyclic) bond motifs is 4. The Morgan fingerprint density at radius 3 is 2.20 bits per heavy atom. The van der Waals surface area contributed by atoms with Crippen LogP contribution >= 0.6 is 22.9 Å². The van der Waals surface area contributed by atoms with Gasteiger partial charge in [0, 0.05) is 15.6 Å². The number of aromatic nitrogens is 2. The Balaban J connectivity index is 1.47. The monoisotopic (exact) mass is 422 g/mol. The zero-order valence-electron chi connectivity index (χ0n) is 15.8. The fraction of sp³-hybridized carbons (Fsp3) is 0. The van der Waals surface area contributed by atoms with Crippen molar-refractivity contribution in [3.05, 3.63) is 96.3 Å². The first-order valence-electron chi connectivity index (χ1n) is 9.71. The molecule has 2 nitrogen and oxygen atoms in total. The van der Waals surface area contributed by atoms with Gasteiger partial charge in [-0.3, -0.25) is 0 Å². The Hall–Kier alpha value is -3.27. The highest BCUT2D eigenvalue weighted by Gasteiger charge is 2.14. The van der Waals surface area contributed by atoms with Crippen molar-refractivity contribution in [3.8, 4) is 22.4 Å². The lowest BCUT2D eigenvalue weighted by Crippen LogP contribution is -1.89. The van der Waals surface area contributed by atoms with Crippen molar-refractivity contribution in [1.82, 2.24) is 9.97 Å². The van der Waals surface area contributed by atoms with Crippen molar-refractivity contribution in [3.63, 3.8) is 0 Å². The summed E-state index contributed by atoms with van der Waals surface area (Å²) in [4.78, 5) is 9.08. The molecule has 0 aliphatic carbocycles. The zero-order chi connectivity index (χ0) is 20.1. The number of nitrogens with zero attached hydrogens (tertiary/aromatic N) is 2. The number of thiophene rings is 1. The molecule has 4 heteroatoms. The number of hydrogen-bond donors (Lipinski definition) is 0. The molecule has 0 spiro atoms. The average molecular weight is 423 g/mol. The largest absolute Gasteiger partial charge is 0.223 e. The molecule has 0 aliphatic rings. The molecule has 0 atom stereocenters. The molecule has 142 valence electrons. The maximum Gasteiger partial charge on any atom is 0.223 e. The van der Waals surface area contributed by atoms with Crippen molar-refractivity contribution in [2.45, 2.75) is 0 Å². The van der Waals surface area contributed by atoms with Gasteiger partial charge in [0.1, 0.15) is 0 Å². The van der Waals surface area contributed by atoms with Crippen LogP contribution < -0.4 is 0 Å². The molecule has 0 fully saturated rings. The second-order valence-corrected chi connectivity index (χ2v) is 8.65. The minimum atomic E-state index is 0.277. The van der Waals surface area contributed by atoms with E-state index >= 15 is 0 Å². The quantitative estimate of drug-likeness (QED) is 0.264. The fourth-order valence-corrected chi connectivity index (χ4v) is 5.27. The second-order valence-electron chi connectivity index (χ2n) is 7.26.